The fourth-order valence-corrected chi connectivity index (χ4v) is 3.50. The molecule has 0 amide bonds. The third-order valence-electron chi connectivity index (χ3n) is 4.23. The molecule has 0 spiro atoms. The lowest BCUT2D eigenvalue weighted by molar-refractivity contribution is 0.340. The van der Waals surface area contributed by atoms with E-state index < -0.39 is 0 Å². The molecule has 0 unspecified atom stereocenters. The minimum atomic E-state index is 0.495. The molecular formula is C23H22N2OS. The maximum atomic E-state index is 9.59. The summed E-state index contributed by atoms with van der Waals surface area (Å²) >= 11 is 1.49. The largest absolute Gasteiger partial charge is 0.494 e. The predicted octanol–water partition coefficient (Wildman–Crippen LogP) is 6.40. The van der Waals surface area contributed by atoms with Gasteiger partial charge in [-0.25, -0.2) is 4.98 Å². The first-order chi connectivity index (χ1) is 13.1. The molecule has 0 bridgehead atoms. The average molecular weight is 375 g/mol. The van der Waals surface area contributed by atoms with E-state index in [9.17, 15) is 5.26 Å². The highest BCUT2D eigenvalue weighted by atomic mass is 32.1. The molecule has 0 saturated heterocycles. The molecule has 1 aromatic heterocycles. The average Bonchev–Trinajstić information content (AvgIpc) is 3.17. The minimum Gasteiger partial charge on any atom is -0.494 e. The second-order valence-electron chi connectivity index (χ2n) is 6.49. The van der Waals surface area contributed by atoms with Gasteiger partial charge >= 0.3 is 0 Å². The number of allylic oxidation sites excluding steroid dienone is 1. The van der Waals surface area contributed by atoms with Crippen molar-refractivity contribution in [2.75, 3.05) is 6.61 Å². The van der Waals surface area contributed by atoms with E-state index in [4.69, 9.17) is 4.74 Å². The van der Waals surface area contributed by atoms with Crippen LogP contribution < -0.4 is 4.74 Å². The van der Waals surface area contributed by atoms with E-state index in [2.05, 4.69) is 37.0 Å². The van der Waals surface area contributed by atoms with Crippen LogP contribution >= 0.6 is 11.3 Å². The number of nitrogens with zero attached hydrogens (tertiary/aromatic N) is 2. The summed E-state index contributed by atoms with van der Waals surface area (Å²) in [5.41, 5.74) is 4.76. The maximum absolute atomic E-state index is 9.59. The highest BCUT2D eigenvalue weighted by Crippen LogP contribution is 2.28. The first kappa shape index (κ1) is 18.9. The van der Waals surface area contributed by atoms with Crippen molar-refractivity contribution in [3.05, 3.63) is 70.0 Å². The number of hydrogen-bond acceptors (Lipinski definition) is 4. The van der Waals surface area contributed by atoms with Gasteiger partial charge < -0.3 is 4.74 Å². The fraction of sp³-hybridized carbons (Fsp3) is 0.217. The topological polar surface area (TPSA) is 45.9 Å². The zero-order chi connectivity index (χ0) is 19.2. The molecule has 0 aliphatic carbocycles. The summed E-state index contributed by atoms with van der Waals surface area (Å²) in [6.07, 6.45) is 1.89. The molecule has 0 aliphatic rings. The Morgan fingerprint density at radius 3 is 2.44 bits per heavy atom. The number of hydrogen-bond donors (Lipinski definition) is 0. The Hall–Kier alpha value is -2.90. The van der Waals surface area contributed by atoms with Crippen molar-refractivity contribution in [2.24, 2.45) is 0 Å². The van der Waals surface area contributed by atoms with Crippen molar-refractivity contribution in [3.63, 3.8) is 0 Å². The van der Waals surface area contributed by atoms with Gasteiger partial charge in [0.05, 0.1) is 17.9 Å². The predicted molar refractivity (Wildman–Crippen MR) is 113 cm³/mol. The monoisotopic (exact) mass is 374 g/mol. The lowest BCUT2D eigenvalue weighted by Gasteiger charge is -2.05. The zero-order valence-corrected chi connectivity index (χ0v) is 16.6. The summed E-state index contributed by atoms with van der Waals surface area (Å²) in [4.78, 5) is 4.66. The van der Waals surface area contributed by atoms with Gasteiger partial charge in [0.15, 0.2) is 0 Å². The highest BCUT2D eigenvalue weighted by molar-refractivity contribution is 7.11. The SMILES string of the molecule is CCOc1ccc(-c2csc(C(C#N)=Cc3ccc(C(C)C)cc3)n2)cc1. The zero-order valence-electron chi connectivity index (χ0n) is 15.8. The molecule has 0 fully saturated rings. The van der Waals surface area contributed by atoms with E-state index >= 15 is 0 Å². The van der Waals surface area contributed by atoms with Gasteiger partial charge in [-0.1, -0.05) is 38.1 Å². The van der Waals surface area contributed by atoms with Gasteiger partial charge in [0.2, 0.25) is 0 Å². The molecule has 136 valence electrons. The third-order valence-corrected chi connectivity index (χ3v) is 5.11. The lowest BCUT2D eigenvalue weighted by Crippen LogP contribution is -1.90. The molecule has 27 heavy (non-hydrogen) atoms. The van der Waals surface area contributed by atoms with Crippen LogP contribution in [0.25, 0.3) is 22.9 Å². The summed E-state index contributed by atoms with van der Waals surface area (Å²) in [6.45, 7) is 6.95. The molecule has 0 saturated carbocycles. The molecule has 0 atom stereocenters. The molecule has 4 heteroatoms. The van der Waals surface area contributed by atoms with E-state index in [1.807, 2.05) is 54.8 Å². The van der Waals surface area contributed by atoms with Crippen LogP contribution in [-0.2, 0) is 0 Å². The summed E-state index contributed by atoms with van der Waals surface area (Å²) in [5.74, 6) is 1.34. The Bertz CT molecular complexity index is 961. The summed E-state index contributed by atoms with van der Waals surface area (Å²) in [5, 5.41) is 12.3. The van der Waals surface area contributed by atoms with Crippen molar-refractivity contribution in [3.8, 4) is 23.1 Å². The van der Waals surface area contributed by atoms with Crippen LogP contribution in [0.15, 0.2) is 53.9 Å². The Balaban J connectivity index is 1.83. The van der Waals surface area contributed by atoms with Gasteiger partial charge in [-0.15, -0.1) is 11.3 Å². The van der Waals surface area contributed by atoms with Crippen molar-refractivity contribution in [2.45, 2.75) is 26.7 Å². The van der Waals surface area contributed by atoms with E-state index in [0.29, 0.717) is 18.1 Å². The van der Waals surface area contributed by atoms with Crippen LogP contribution in [0, 0.1) is 11.3 Å². The molecule has 3 aromatic rings. The molecule has 0 N–H and O–H groups in total. The molecule has 3 nitrogen and oxygen atoms in total. The summed E-state index contributed by atoms with van der Waals surface area (Å²) in [7, 11) is 0. The fourth-order valence-electron chi connectivity index (χ4n) is 2.70. The van der Waals surface area contributed by atoms with Crippen molar-refractivity contribution in [1.29, 1.82) is 5.26 Å². The maximum Gasteiger partial charge on any atom is 0.134 e. The van der Waals surface area contributed by atoms with E-state index in [-0.39, 0.29) is 0 Å². The van der Waals surface area contributed by atoms with Gasteiger partial charge in [0, 0.05) is 10.9 Å². The van der Waals surface area contributed by atoms with Gasteiger partial charge in [0.1, 0.15) is 16.8 Å². The first-order valence-corrected chi connectivity index (χ1v) is 9.89. The van der Waals surface area contributed by atoms with E-state index in [1.54, 1.807) is 0 Å². The number of rotatable bonds is 6. The Morgan fingerprint density at radius 2 is 1.85 bits per heavy atom. The first-order valence-electron chi connectivity index (χ1n) is 9.01. The Labute approximate surface area is 164 Å². The Morgan fingerprint density at radius 1 is 1.15 bits per heavy atom. The number of ether oxygens (including phenoxy) is 1. The molecule has 3 rings (SSSR count). The van der Waals surface area contributed by atoms with Gasteiger partial charge in [-0.3, -0.25) is 0 Å². The molecule has 0 radical (unpaired) electrons. The van der Waals surface area contributed by atoms with Crippen LogP contribution in [0.3, 0.4) is 0 Å². The summed E-state index contributed by atoms with van der Waals surface area (Å²) < 4.78 is 5.48. The van der Waals surface area contributed by atoms with Gasteiger partial charge in [0.25, 0.3) is 0 Å². The van der Waals surface area contributed by atoms with E-state index in [1.165, 1.54) is 16.9 Å². The van der Waals surface area contributed by atoms with Gasteiger partial charge in [-0.2, -0.15) is 5.26 Å². The number of nitriles is 1. The van der Waals surface area contributed by atoms with Crippen molar-refractivity contribution in [1.82, 2.24) is 4.98 Å². The lowest BCUT2D eigenvalue weighted by atomic mass is 10.0. The number of benzene rings is 2. The van der Waals surface area contributed by atoms with Crippen LogP contribution in [0.2, 0.25) is 0 Å². The smallest absolute Gasteiger partial charge is 0.134 e. The molecule has 1 heterocycles. The van der Waals surface area contributed by atoms with Crippen LogP contribution in [0.1, 0.15) is 42.8 Å². The quantitative estimate of drug-likeness (QED) is 0.469. The standard InChI is InChI=1S/C23H22N2OS/c1-4-26-21-11-9-19(10-12-21)22-15-27-23(25-22)20(14-24)13-17-5-7-18(8-6-17)16(2)3/h5-13,15-16H,4H2,1-3H3. The molecular weight excluding hydrogens is 352 g/mol. The van der Waals surface area contributed by atoms with Crippen LogP contribution in [-0.4, -0.2) is 11.6 Å². The minimum absolute atomic E-state index is 0.495. The number of thiazole rings is 1. The normalized spacial score (nSPS) is 11.4. The summed E-state index contributed by atoms with van der Waals surface area (Å²) in [6, 6.07) is 18.5. The Kier molecular flexibility index (Phi) is 6.05. The molecule has 0 aliphatic heterocycles. The molecule has 2 aromatic carbocycles. The second-order valence-corrected chi connectivity index (χ2v) is 7.34. The third kappa shape index (κ3) is 4.64. The van der Waals surface area contributed by atoms with Crippen molar-refractivity contribution < 1.29 is 4.74 Å². The van der Waals surface area contributed by atoms with Crippen LogP contribution in [0.5, 0.6) is 5.75 Å². The van der Waals surface area contributed by atoms with E-state index in [0.717, 1.165) is 27.6 Å². The number of aromatic nitrogens is 1. The van der Waals surface area contributed by atoms with Crippen LogP contribution in [0.4, 0.5) is 0 Å². The van der Waals surface area contributed by atoms with Gasteiger partial charge in [-0.05, 0) is 54.3 Å². The second kappa shape index (κ2) is 8.66. The van der Waals surface area contributed by atoms with Crippen molar-refractivity contribution >= 4 is 23.0 Å². The highest BCUT2D eigenvalue weighted by Gasteiger charge is 2.09.